The Balaban J connectivity index is 2.25. The Hall–Kier alpha value is -2.21. The van der Waals surface area contributed by atoms with Gasteiger partial charge in [-0.2, -0.15) is 0 Å². The van der Waals surface area contributed by atoms with Crippen molar-refractivity contribution in [3.05, 3.63) is 46.8 Å². The molecule has 1 amide bonds. The van der Waals surface area contributed by atoms with Crippen LogP contribution in [0.2, 0.25) is 0 Å². The van der Waals surface area contributed by atoms with Crippen molar-refractivity contribution >= 4 is 29.3 Å². The largest absolute Gasteiger partial charge is 0.459 e. The number of carbonyl (C=O) groups is 2. The predicted octanol–water partition coefficient (Wildman–Crippen LogP) is 4.17. The fraction of sp³-hybridized carbons (Fsp3) is 0.333. The zero-order valence-corrected chi connectivity index (χ0v) is 15.3. The van der Waals surface area contributed by atoms with Gasteiger partial charge in [0.2, 0.25) is 0 Å². The highest BCUT2D eigenvalue weighted by molar-refractivity contribution is 7.98. The molecule has 0 unspecified atom stereocenters. The van der Waals surface area contributed by atoms with Gasteiger partial charge in [0.05, 0.1) is 11.7 Å². The van der Waals surface area contributed by atoms with Crippen LogP contribution in [0.25, 0.3) is 0 Å². The summed E-state index contributed by atoms with van der Waals surface area (Å²) in [5.41, 5.74) is 2.73. The number of nitrogens with one attached hydrogen (secondary N) is 2. The molecule has 2 N–H and O–H groups in total. The maximum atomic E-state index is 12.5. The predicted molar refractivity (Wildman–Crippen MR) is 97.0 cm³/mol. The van der Waals surface area contributed by atoms with Crippen LogP contribution < -0.4 is 5.32 Å². The first-order valence-corrected chi connectivity index (χ1v) is 8.91. The molecule has 0 fully saturated rings. The number of hydrogen-bond acceptors (Lipinski definition) is 4. The molecule has 1 heterocycles. The fourth-order valence-electron chi connectivity index (χ4n) is 2.45. The number of thioether (sulfide) groups is 1. The first kappa shape index (κ1) is 18.1. The van der Waals surface area contributed by atoms with Crippen molar-refractivity contribution in [3.63, 3.8) is 0 Å². The van der Waals surface area contributed by atoms with E-state index in [1.165, 1.54) is 0 Å². The topological polar surface area (TPSA) is 71.2 Å². The standard InChI is InChI=1S/C18H22N2O3S/c1-10(2)23-18(22)15-11(3)16(19-12(15)4)17(21)20-13-7-6-8-14(9-13)24-5/h6-10,19H,1-5H3,(H,20,21). The zero-order valence-electron chi connectivity index (χ0n) is 14.5. The van der Waals surface area contributed by atoms with E-state index in [1.807, 2.05) is 30.5 Å². The van der Waals surface area contributed by atoms with E-state index in [9.17, 15) is 9.59 Å². The van der Waals surface area contributed by atoms with E-state index in [2.05, 4.69) is 10.3 Å². The Bertz CT molecular complexity index is 766. The highest BCUT2D eigenvalue weighted by Gasteiger charge is 2.23. The summed E-state index contributed by atoms with van der Waals surface area (Å²) in [6.45, 7) is 7.09. The molecule has 1 aromatic heterocycles. The van der Waals surface area contributed by atoms with Gasteiger partial charge in [0.15, 0.2) is 0 Å². The molecule has 0 saturated heterocycles. The van der Waals surface area contributed by atoms with Crippen molar-refractivity contribution < 1.29 is 14.3 Å². The molecule has 5 nitrogen and oxygen atoms in total. The zero-order chi connectivity index (χ0) is 17.9. The van der Waals surface area contributed by atoms with Gasteiger partial charge in [0.25, 0.3) is 5.91 Å². The minimum Gasteiger partial charge on any atom is -0.459 e. The first-order chi connectivity index (χ1) is 11.3. The second-order valence-electron chi connectivity index (χ2n) is 5.77. The average molecular weight is 346 g/mol. The lowest BCUT2D eigenvalue weighted by Crippen LogP contribution is -2.15. The summed E-state index contributed by atoms with van der Waals surface area (Å²) in [5, 5.41) is 2.86. The minimum absolute atomic E-state index is 0.210. The van der Waals surface area contributed by atoms with Gasteiger partial charge in [-0.25, -0.2) is 4.79 Å². The van der Waals surface area contributed by atoms with Gasteiger partial charge in [-0.05, 0) is 57.7 Å². The maximum Gasteiger partial charge on any atom is 0.340 e. The SMILES string of the molecule is CSc1cccc(NC(=O)c2[nH]c(C)c(C(=O)OC(C)C)c2C)c1. The molecule has 24 heavy (non-hydrogen) atoms. The monoisotopic (exact) mass is 346 g/mol. The Kier molecular flexibility index (Phi) is 5.72. The van der Waals surface area contributed by atoms with Gasteiger partial charge in [-0.15, -0.1) is 11.8 Å². The van der Waals surface area contributed by atoms with E-state index in [4.69, 9.17) is 4.74 Å². The van der Waals surface area contributed by atoms with Crippen LogP contribution in [0, 0.1) is 13.8 Å². The molecule has 6 heteroatoms. The van der Waals surface area contributed by atoms with Crippen molar-refractivity contribution in [2.45, 2.75) is 38.7 Å². The summed E-state index contributed by atoms with van der Waals surface area (Å²) < 4.78 is 5.25. The Morgan fingerprint density at radius 3 is 2.58 bits per heavy atom. The molecule has 0 atom stereocenters. The third-order valence-corrected chi connectivity index (χ3v) is 4.26. The summed E-state index contributed by atoms with van der Waals surface area (Å²) in [4.78, 5) is 28.8. The van der Waals surface area contributed by atoms with Crippen molar-refractivity contribution in [1.29, 1.82) is 0 Å². The number of aromatic amines is 1. The van der Waals surface area contributed by atoms with Gasteiger partial charge in [0.1, 0.15) is 5.69 Å². The number of aromatic nitrogens is 1. The molecular weight excluding hydrogens is 324 g/mol. The lowest BCUT2D eigenvalue weighted by molar-refractivity contribution is 0.0376. The van der Waals surface area contributed by atoms with Crippen molar-refractivity contribution in [1.82, 2.24) is 4.98 Å². The summed E-state index contributed by atoms with van der Waals surface area (Å²) in [6.07, 6.45) is 1.77. The lowest BCUT2D eigenvalue weighted by atomic mass is 10.1. The van der Waals surface area contributed by atoms with Gasteiger partial charge in [-0.3, -0.25) is 4.79 Å². The van der Waals surface area contributed by atoms with E-state index in [-0.39, 0.29) is 12.0 Å². The smallest absolute Gasteiger partial charge is 0.340 e. The molecule has 2 aromatic rings. The number of carbonyl (C=O) groups excluding carboxylic acids is 2. The first-order valence-electron chi connectivity index (χ1n) is 7.69. The molecule has 0 aliphatic carbocycles. The lowest BCUT2D eigenvalue weighted by Gasteiger charge is -2.08. The van der Waals surface area contributed by atoms with Crippen LogP contribution in [-0.2, 0) is 4.74 Å². The van der Waals surface area contributed by atoms with Gasteiger partial charge in [-0.1, -0.05) is 6.07 Å². The van der Waals surface area contributed by atoms with Crippen LogP contribution in [0.3, 0.4) is 0 Å². The molecule has 0 radical (unpaired) electrons. The average Bonchev–Trinajstić information content (AvgIpc) is 2.81. The van der Waals surface area contributed by atoms with Crippen LogP contribution in [0.5, 0.6) is 0 Å². The van der Waals surface area contributed by atoms with Crippen LogP contribution >= 0.6 is 11.8 Å². The van der Waals surface area contributed by atoms with Crippen LogP contribution in [0.4, 0.5) is 5.69 Å². The number of anilines is 1. The molecule has 0 saturated carbocycles. The van der Waals surface area contributed by atoms with E-state index in [0.29, 0.717) is 28.2 Å². The van der Waals surface area contributed by atoms with E-state index < -0.39 is 5.97 Å². The Morgan fingerprint density at radius 1 is 1.25 bits per heavy atom. The van der Waals surface area contributed by atoms with E-state index in [0.717, 1.165) is 4.90 Å². The number of aryl methyl sites for hydroxylation is 1. The maximum absolute atomic E-state index is 12.5. The normalized spacial score (nSPS) is 10.8. The second-order valence-corrected chi connectivity index (χ2v) is 6.64. The molecule has 0 spiro atoms. The minimum atomic E-state index is -0.417. The third kappa shape index (κ3) is 4.00. The molecule has 1 aromatic carbocycles. The number of esters is 1. The van der Waals surface area contributed by atoms with Crippen molar-refractivity contribution in [2.24, 2.45) is 0 Å². The molecule has 0 aliphatic rings. The van der Waals surface area contributed by atoms with Gasteiger partial charge in [0, 0.05) is 16.3 Å². The number of hydrogen-bond donors (Lipinski definition) is 2. The van der Waals surface area contributed by atoms with Crippen LogP contribution in [0.15, 0.2) is 29.2 Å². The fourth-order valence-corrected chi connectivity index (χ4v) is 2.91. The van der Waals surface area contributed by atoms with Gasteiger partial charge < -0.3 is 15.0 Å². The van der Waals surface area contributed by atoms with Crippen LogP contribution in [0.1, 0.15) is 46.0 Å². The summed E-state index contributed by atoms with van der Waals surface area (Å²) in [7, 11) is 0. The van der Waals surface area contributed by atoms with Gasteiger partial charge >= 0.3 is 5.97 Å². The summed E-state index contributed by atoms with van der Waals surface area (Å²) >= 11 is 1.60. The number of amides is 1. The van der Waals surface area contributed by atoms with E-state index in [1.54, 1.807) is 39.5 Å². The highest BCUT2D eigenvalue weighted by Crippen LogP contribution is 2.22. The molecular formula is C18H22N2O3S. The number of ether oxygens (including phenoxy) is 1. The molecule has 0 aliphatic heterocycles. The second kappa shape index (κ2) is 7.57. The number of benzene rings is 1. The molecule has 2 rings (SSSR count). The quantitative estimate of drug-likeness (QED) is 0.629. The highest BCUT2D eigenvalue weighted by atomic mass is 32.2. The van der Waals surface area contributed by atoms with E-state index >= 15 is 0 Å². The Labute approximate surface area is 146 Å². The van der Waals surface area contributed by atoms with Crippen LogP contribution in [-0.4, -0.2) is 29.2 Å². The van der Waals surface area contributed by atoms with Crippen molar-refractivity contribution in [2.75, 3.05) is 11.6 Å². The number of H-pyrrole nitrogens is 1. The summed E-state index contributed by atoms with van der Waals surface area (Å²) in [6, 6.07) is 7.60. The summed E-state index contributed by atoms with van der Waals surface area (Å²) in [5.74, 6) is -0.697. The Morgan fingerprint density at radius 2 is 1.96 bits per heavy atom. The van der Waals surface area contributed by atoms with Crippen molar-refractivity contribution in [3.8, 4) is 0 Å². The molecule has 0 bridgehead atoms. The number of rotatable bonds is 5. The molecule has 128 valence electrons. The third-order valence-electron chi connectivity index (χ3n) is 3.54.